The second-order valence-corrected chi connectivity index (χ2v) is 6.72. The van der Waals surface area contributed by atoms with Gasteiger partial charge in [0.1, 0.15) is 0 Å². The molecule has 0 radical (unpaired) electrons. The van der Waals surface area contributed by atoms with Crippen LogP contribution >= 0.6 is 11.3 Å². The summed E-state index contributed by atoms with van der Waals surface area (Å²) in [6, 6.07) is 13.2. The van der Waals surface area contributed by atoms with E-state index in [0.717, 1.165) is 41.2 Å². The van der Waals surface area contributed by atoms with Crippen LogP contribution in [0.5, 0.6) is 0 Å². The summed E-state index contributed by atoms with van der Waals surface area (Å²) in [6.07, 6.45) is 3.40. The zero-order chi connectivity index (χ0) is 15.4. The van der Waals surface area contributed by atoms with Crippen molar-refractivity contribution in [3.8, 4) is 0 Å². The van der Waals surface area contributed by atoms with Crippen LogP contribution in [0.4, 0.5) is 0 Å². The number of carbonyl (C=O) groups excluding carboxylic acids is 2. The van der Waals surface area contributed by atoms with Gasteiger partial charge in [-0.1, -0.05) is 30.3 Å². The van der Waals surface area contributed by atoms with Gasteiger partial charge in [0.15, 0.2) is 5.78 Å². The van der Waals surface area contributed by atoms with Crippen LogP contribution in [0.1, 0.15) is 44.2 Å². The van der Waals surface area contributed by atoms with E-state index in [1.807, 2.05) is 47.4 Å². The van der Waals surface area contributed by atoms with Gasteiger partial charge in [0.2, 0.25) is 0 Å². The lowest BCUT2D eigenvalue weighted by Gasteiger charge is -2.13. The fourth-order valence-electron chi connectivity index (χ4n) is 2.71. The molecule has 0 aliphatic carbocycles. The van der Waals surface area contributed by atoms with Crippen LogP contribution in [0.2, 0.25) is 0 Å². The standard InChI is InChI=1S/C18H19NO2S/c20-16(14-6-2-1-3-7-14)10-8-15-9-11-17(22-15)18(21)19-12-4-5-13-19/h1-3,6-7,9,11H,4-5,8,10,12-13H2. The average molecular weight is 313 g/mol. The zero-order valence-corrected chi connectivity index (χ0v) is 13.3. The number of carbonyl (C=O) groups is 2. The van der Waals surface area contributed by atoms with Crippen molar-refractivity contribution in [1.29, 1.82) is 0 Å². The van der Waals surface area contributed by atoms with Gasteiger partial charge < -0.3 is 4.90 Å². The third-order valence-electron chi connectivity index (χ3n) is 3.96. The minimum Gasteiger partial charge on any atom is -0.338 e. The third-order valence-corrected chi connectivity index (χ3v) is 5.09. The number of ketones is 1. The molecule has 2 heterocycles. The van der Waals surface area contributed by atoms with Crippen LogP contribution in [0.15, 0.2) is 42.5 Å². The van der Waals surface area contributed by atoms with E-state index >= 15 is 0 Å². The minimum absolute atomic E-state index is 0.142. The molecule has 0 saturated carbocycles. The predicted molar refractivity (Wildman–Crippen MR) is 88.6 cm³/mol. The van der Waals surface area contributed by atoms with E-state index < -0.39 is 0 Å². The molecule has 1 aliphatic rings. The summed E-state index contributed by atoms with van der Waals surface area (Å²) in [4.78, 5) is 28.2. The van der Waals surface area contributed by atoms with Crippen molar-refractivity contribution < 1.29 is 9.59 Å². The van der Waals surface area contributed by atoms with E-state index in [9.17, 15) is 9.59 Å². The lowest BCUT2D eigenvalue weighted by atomic mass is 10.1. The Morgan fingerprint density at radius 1 is 1.00 bits per heavy atom. The molecule has 22 heavy (non-hydrogen) atoms. The molecule has 0 unspecified atom stereocenters. The highest BCUT2D eigenvalue weighted by atomic mass is 32.1. The SMILES string of the molecule is O=C(CCc1ccc(C(=O)N2CCCC2)s1)c1ccccc1. The highest BCUT2D eigenvalue weighted by Crippen LogP contribution is 2.22. The number of likely N-dealkylation sites (tertiary alicyclic amines) is 1. The third kappa shape index (κ3) is 3.45. The van der Waals surface area contributed by atoms with Crippen molar-refractivity contribution in [3.05, 3.63) is 57.8 Å². The van der Waals surface area contributed by atoms with Crippen LogP contribution in [0.3, 0.4) is 0 Å². The molecule has 4 heteroatoms. The van der Waals surface area contributed by atoms with Crippen molar-refractivity contribution in [1.82, 2.24) is 4.90 Å². The fraction of sp³-hybridized carbons (Fsp3) is 0.333. The molecule has 1 fully saturated rings. The van der Waals surface area contributed by atoms with Crippen LogP contribution in [0.25, 0.3) is 0 Å². The van der Waals surface area contributed by atoms with Crippen LogP contribution in [-0.4, -0.2) is 29.7 Å². The highest BCUT2D eigenvalue weighted by molar-refractivity contribution is 7.14. The van der Waals surface area contributed by atoms with Crippen molar-refractivity contribution in [3.63, 3.8) is 0 Å². The summed E-state index contributed by atoms with van der Waals surface area (Å²) < 4.78 is 0. The van der Waals surface area contributed by atoms with E-state index in [2.05, 4.69) is 0 Å². The van der Waals surface area contributed by atoms with Crippen LogP contribution in [0, 0.1) is 0 Å². The van der Waals surface area contributed by atoms with E-state index in [4.69, 9.17) is 0 Å². The average Bonchev–Trinajstić information content (AvgIpc) is 3.24. The lowest BCUT2D eigenvalue weighted by molar-refractivity contribution is 0.0797. The molecule has 3 nitrogen and oxygen atoms in total. The first-order valence-electron chi connectivity index (χ1n) is 7.70. The van der Waals surface area contributed by atoms with Crippen molar-refractivity contribution in [2.75, 3.05) is 13.1 Å². The van der Waals surface area contributed by atoms with Gasteiger partial charge in [-0.05, 0) is 31.4 Å². The molecule has 1 aromatic heterocycles. The normalized spacial score (nSPS) is 14.3. The molecule has 0 spiro atoms. The van der Waals surface area contributed by atoms with E-state index in [1.54, 1.807) is 0 Å². The topological polar surface area (TPSA) is 37.4 Å². The summed E-state index contributed by atoms with van der Waals surface area (Å²) >= 11 is 1.52. The summed E-state index contributed by atoms with van der Waals surface area (Å²) in [6.45, 7) is 1.75. The van der Waals surface area contributed by atoms with Gasteiger partial charge in [0.05, 0.1) is 4.88 Å². The Morgan fingerprint density at radius 2 is 1.73 bits per heavy atom. The zero-order valence-electron chi connectivity index (χ0n) is 12.5. The Morgan fingerprint density at radius 3 is 2.45 bits per heavy atom. The van der Waals surface area contributed by atoms with Gasteiger partial charge in [-0.2, -0.15) is 0 Å². The molecule has 0 N–H and O–H groups in total. The number of benzene rings is 1. The van der Waals surface area contributed by atoms with Crippen molar-refractivity contribution in [2.24, 2.45) is 0 Å². The molecule has 1 amide bonds. The summed E-state index contributed by atoms with van der Waals surface area (Å²) in [5.74, 6) is 0.296. The van der Waals surface area contributed by atoms with Crippen molar-refractivity contribution in [2.45, 2.75) is 25.7 Å². The maximum Gasteiger partial charge on any atom is 0.263 e. The molecule has 1 aliphatic heterocycles. The number of aryl methyl sites for hydroxylation is 1. The lowest BCUT2D eigenvalue weighted by Crippen LogP contribution is -2.26. The minimum atomic E-state index is 0.142. The van der Waals surface area contributed by atoms with E-state index in [-0.39, 0.29) is 11.7 Å². The summed E-state index contributed by atoms with van der Waals surface area (Å²) in [5.41, 5.74) is 0.757. The Hall–Kier alpha value is -1.94. The molecule has 1 saturated heterocycles. The van der Waals surface area contributed by atoms with E-state index in [1.165, 1.54) is 11.3 Å². The first-order valence-corrected chi connectivity index (χ1v) is 8.52. The van der Waals surface area contributed by atoms with Crippen LogP contribution < -0.4 is 0 Å². The largest absolute Gasteiger partial charge is 0.338 e. The predicted octanol–water partition coefficient (Wildman–Crippen LogP) is 3.80. The van der Waals surface area contributed by atoms with Gasteiger partial charge >= 0.3 is 0 Å². The smallest absolute Gasteiger partial charge is 0.263 e. The molecule has 1 aromatic carbocycles. The maximum absolute atomic E-state index is 12.3. The van der Waals surface area contributed by atoms with Gasteiger partial charge in [-0.3, -0.25) is 9.59 Å². The first kappa shape index (κ1) is 15.0. The monoisotopic (exact) mass is 313 g/mol. The molecule has 0 atom stereocenters. The van der Waals surface area contributed by atoms with Gasteiger partial charge in [0, 0.05) is 30.0 Å². The fourth-order valence-corrected chi connectivity index (χ4v) is 3.68. The Labute approximate surface area is 134 Å². The molecular formula is C18H19NO2S. The van der Waals surface area contributed by atoms with Gasteiger partial charge in [0.25, 0.3) is 5.91 Å². The van der Waals surface area contributed by atoms with Gasteiger partial charge in [-0.25, -0.2) is 0 Å². The summed E-state index contributed by atoms with van der Waals surface area (Å²) in [7, 11) is 0. The Kier molecular flexibility index (Phi) is 4.68. The summed E-state index contributed by atoms with van der Waals surface area (Å²) in [5, 5.41) is 0. The number of thiophene rings is 1. The highest BCUT2D eigenvalue weighted by Gasteiger charge is 2.20. The Bertz CT molecular complexity index is 657. The Balaban J connectivity index is 1.58. The maximum atomic E-state index is 12.3. The second-order valence-electron chi connectivity index (χ2n) is 5.55. The number of rotatable bonds is 5. The quantitative estimate of drug-likeness (QED) is 0.787. The first-order chi connectivity index (χ1) is 10.7. The molecule has 114 valence electrons. The molecule has 3 rings (SSSR count). The second kappa shape index (κ2) is 6.88. The number of hydrogen-bond acceptors (Lipinski definition) is 3. The molecule has 0 bridgehead atoms. The van der Waals surface area contributed by atoms with E-state index in [0.29, 0.717) is 12.8 Å². The molecular weight excluding hydrogens is 294 g/mol. The van der Waals surface area contributed by atoms with Gasteiger partial charge in [-0.15, -0.1) is 11.3 Å². The number of hydrogen-bond donors (Lipinski definition) is 0. The number of Topliss-reactive ketones (excluding diaryl/α,β-unsaturated/α-hetero) is 1. The van der Waals surface area contributed by atoms with Crippen LogP contribution in [-0.2, 0) is 6.42 Å². The number of amides is 1. The molecule has 2 aromatic rings. The van der Waals surface area contributed by atoms with Crippen molar-refractivity contribution >= 4 is 23.0 Å². The number of nitrogens with zero attached hydrogens (tertiary/aromatic N) is 1.